The van der Waals surface area contributed by atoms with Crippen molar-refractivity contribution >= 4 is 45.0 Å². The maximum atomic E-state index is 12.8. The first kappa shape index (κ1) is 22.7. The molecule has 0 radical (unpaired) electrons. The van der Waals surface area contributed by atoms with Crippen LogP contribution in [0.1, 0.15) is 13.8 Å². The number of alkyl halides is 4. The molecule has 0 aromatic heterocycles. The number of nitrogens with one attached hydrogen (secondary N) is 1. The number of anilines is 1. The van der Waals surface area contributed by atoms with E-state index in [1.807, 2.05) is 13.8 Å². The molecule has 2 atom stereocenters. The fourth-order valence-electron chi connectivity index (χ4n) is 3.75. The van der Waals surface area contributed by atoms with Gasteiger partial charge in [0.25, 0.3) is 5.91 Å². The summed E-state index contributed by atoms with van der Waals surface area (Å²) in [6.45, 7) is 3.63. The molecule has 162 valence electrons. The molecule has 1 aliphatic heterocycles. The lowest BCUT2D eigenvalue weighted by molar-refractivity contribution is -0.135. The number of carbonyl (C=O) groups excluding carboxylic acids is 2. The van der Waals surface area contributed by atoms with Crippen LogP contribution in [-0.4, -0.2) is 45.4 Å². The second-order valence-electron chi connectivity index (χ2n) is 7.54. The van der Waals surface area contributed by atoms with Crippen molar-refractivity contribution in [2.45, 2.75) is 24.2 Å². The first-order valence-corrected chi connectivity index (χ1v) is 10.4. The fourth-order valence-corrected chi connectivity index (χ4v) is 5.06. The molecule has 1 heterocycles. The molecule has 2 N–H and O–H groups in total. The lowest BCUT2D eigenvalue weighted by atomic mass is 9.76. The van der Waals surface area contributed by atoms with Gasteiger partial charge in [0.15, 0.2) is 0 Å². The molecule has 0 spiro atoms. The van der Waals surface area contributed by atoms with Crippen molar-refractivity contribution in [2.24, 2.45) is 11.3 Å². The molecule has 0 saturated carbocycles. The Labute approximate surface area is 185 Å². The van der Waals surface area contributed by atoms with Gasteiger partial charge in [0.2, 0.25) is 5.91 Å². The Morgan fingerprint density at radius 3 is 2.57 bits per heavy atom. The van der Waals surface area contributed by atoms with Gasteiger partial charge < -0.3 is 20.1 Å². The third-order valence-corrected chi connectivity index (χ3v) is 5.97. The summed E-state index contributed by atoms with van der Waals surface area (Å²) in [6.07, 6.45) is 3.37. The molecule has 1 aromatic carbocycles. The summed E-state index contributed by atoms with van der Waals surface area (Å²) in [4.78, 5) is 26.8. The number of β-amino-alcohol motifs (C(OH)–C–C–N with tert-alkyl or cyclic N) is 1. The molecule has 1 aromatic rings. The van der Waals surface area contributed by atoms with Gasteiger partial charge in [0, 0.05) is 45.8 Å². The number of carbonyl (C=O) groups is 2. The Balaban J connectivity index is 1.79. The largest absolute Gasteiger partial charge is 0.487 e. The predicted octanol–water partition coefficient (Wildman–Crippen LogP) is 3.86. The molecule has 2 amide bonds. The molecule has 2 aliphatic rings. The summed E-state index contributed by atoms with van der Waals surface area (Å²) in [6, 6.07) is 5.32. The van der Waals surface area contributed by atoms with Crippen LogP contribution in [0.2, 0.25) is 0 Å². The van der Waals surface area contributed by atoms with Crippen LogP contribution >= 0.6 is 27.5 Å². The van der Waals surface area contributed by atoms with Gasteiger partial charge in [-0.2, -0.15) is 0 Å². The molecule has 2 unspecified atom stereocenters. The molecule has 1 saturated heterocycles. The Hall–Kier alpha value is -1.97. The van der Waals surface area contributed by atoms with Gasteiger partial charge in [-0.3, -0.25) is 9.59 Å². The van der Waals surface area contributed by atoms with Crippen molar-refractivity contribution in [3.05, 3.63) is 47.7 Å². The molecule has 0 bridgehead atoms. The maximum Gasteiger partial charge on any atom is 0.487 e. The third-order valence-electron chi connectivity index (χ3n) is 5.10. The summed E-state index contributed by atoms with van der Waals surface area (Å²) < 4.78 is 29.6. The summed E-state index contributed by atoms with van der Waals surface area (Å²) in [5, 5.41) is 12.0. The number of hydrogen-bond donors (Lipinski definition) is 2. The minimum atomic E-state index is -3.82. The van der Waals surface area contributed by atoms with Gasteiger partial charge in [-0.1, -0.05) is 35.9 Å². The van der Waals surface area contributed by atoms with E-state index < -0.39 is 16.9 Å². The second-order valence-corrected chi connectivity index (χ2v) is 9.04. The van der Waals surface area contributed by atoms with Gasteiger partial charge >= 0.3 is 5.57 Å². The van der Waals surface area contributed by atoms with Crippen LogP contribution < -0.4 is 10.1 Å². The number of halogens is 4. The van der Waals surface area contributed by atoms with Gasteiger partial charge in [0.1, 0.15) is 5.75 Å². The van der Waals surface area contributed by atoms with E-state index in [-0.39, 0.29) is 35.6 Å². The highest BCUT2D eigenvalue weighted by atomic mass is 79.9. The number of hydrogen-bond acceptors (Lipinski definition) is 4. The van der Waals surface area contributed by atoms with E-state index in [1.165, 1.54) is 29.2 Å². The van der Waals surface area contributed by atoms with Gasteiger partial charge in [-0.25, -0.2) is 0 Å². The Bertz CT molecular complexity index is 912. The molecule has 1 aliphatic carbocycles. The van der Waals surface area contributed by atoms with Crippen LogP contribution in [0.5, 0.6) is 5.75 Å². The molecule has 6 nitrogen and oxygen atoms in total. The van der Waals surface area contributed by atoms with E-state index in [0.717, 1.165) is 0 Å². The number of aliphatic hydroxyl groups excluding tert-OH is 1. The van der Waals surface area contributed by atoms with Crippen LogP contribution in [0, 0.1) is 11.3 Å². The van der Waals surface area contributed by atoms with E-state index in [1.54, 1.807) is 12.2 Å². The Morgan fingerprint density at radius 2 is 2.00 bits per heavy atom. The highest BCUT2D eigenvalue weighted by Gasteiger charge is 2.53. The topological polar surface area (TPSA) is 78.9 Å². The molecule has 1 fully saturated rings. The number of fused-ring (bicyclic) bond motifs is 1. The standard InChI is InChI=1S/C20H20BrClF2N2O4/c1-19(2)16-14(21)9-11(10-15(16)26(7-8-27)18(19)29)17(28)25-12-3-5-13(6-4-12)30-20(22,23)24/h3-6,9-10,14,16,27H,7-8H2,1-2H3,(H,25,28). The smallest absolute Gasteiger partial charge is 0.420 e. The third kappa shape index (κ3) is 4.53. The van der Waals surface area contributed by atoms with E-state index in [9.17, 15) is 23.5 Å². The lowest BCUT2D eigenvalue weighted by Gasteiger charge is -2.30. The highest BCUT2D eigenvalue weighted by Crippen LogP contribution is 2.50. The van der Waals surface area contributed by atoms with E-state index in [0.29, 0.717) is 17.0 Å². The zero-order chi connectivity index (χ0) is 22.3. The number of benzene rings is 1. The average Bonchev–Trinajstić information content (AvgIpc) is 2.83. The quantitative estimate of drug-likeness (QED) is 0.576. The number of allylic oxidation sites excluding steroid dienone is 2. The minimum absolute atomic E-state index is 0.112. The zero-order valence-electron chi connectivity index (χ0n) is 16.2. The van der Waals surface area contributed by atoms with Crippen molar-refractivity contribution in [3.8, 4) is 5.75 Å². The number of aliphatic hydroxyl groups is 1. The molecule has 3 rings (SSSR count). The van der Waals surface area contributed by atoms with Crippen molar-refractivity contribution in [1.29, 1.82) is 0 Å². The molecular weight excluding hydrogens is 486 g/mol. The first-order valence-electron chi connectivity index (χ1n) is 9.11. The van der Waals surface area contributed by atoms with Gasteiger partial charge in [-0.05, 0) is 30.3 Å². The van der Waals surface area contributed by atoms with Crippen molar-refractivity contribution in [3.63, 3.8) is 0 Å². The highest BCUT2D eigenvalue weighted by molar-refractivity contribution is 9.09. The van der Waals surface area contributed by atoms with Crippen LogP contribution in [0.15, 0.2) is 47.7 Å². The van der Waals surface area contributed by atoms with E-state index in [4.69, 9.17) is 11.6 Å². The summed E-state index contributed by atoms with van der Waals surface area (Å²) in [5.41, 5.74) is -3.13. The van der Waals surface area contributed by atoms with Crippen LogP contribution in [0.3, 0.4) is 0 Å². The number of ether oxygens (including phenoxy) is 1. The molecule has 30 heavy (non-hydrogen) atoms. The normalized spacial score (nSPS) is 22.9. The molecule has 10 heteroatoms. The van der Waals surface area contributed by atoms with Gasteiger partial charge in [-0.15, -0.1) is 8.78 Å². The minimum Gasteiger partial charge on any atom is -0.420 e. The number of amides is 2. The van der Waals surface area contributed by atoms with Crippen molar-refractivity contribution in [1.82, 2.24) is 4.90 Å². The number of rotatable bonds is 6. The molecular formula is C20H20BrClF2N2O4. The van der Waals surface area contributed by atoms with Gasteiger partial charge in [0.05, 0.1) is 12.0 Å². The van der Waals surface area contributed by atoms with Crippen LogP contribution in [0.25, 0.3) is 0 Å². The first-order chi connectivity index (χ1) is 13.9. The Kier molecular flexibility index (Phi) is 6.27. The van der Waals surface area contributed by atoms with Crippen molar-refractivity contribution < 1.29 is 28.2 Å². The SMILES string of the molecule is CC1(C)C(=O)N(CCO)C2=CC(C(=O)Nc3ccc(OC(F)(F)Cl)cc3)=CC(Br)C21. The van der Waals surface area contributed by atoms with Crippen molar-refractivity contribution in [2.75, 3.05) is 18.5 Å². The van der Waals surface area contributed by atoms with E-state index >= 15 is 0 Å². The number of nitrogens with zero attached hydrogens (tertiary/aromatic N) is 1. The van der Waals surface area contributed by atoms with Crippen LogP contribution in [-0.2, 0) is 9.59 Å². The lowest BCUT2D eigenvalue weighted by Crippen LogP contribution is -2.34. The van der Waals surface area contributed by atoms with E-state index in [2.05, 4.69) is 26.0 Å². The Morgan fingerprint density at radius 1 is 1.37 bits per heavy atom. The monoisotopic (exact) mass is 504 g/mol. The fraction of sp³-hybridized carbons (Fsp3) is 0.400. The summed E-state index contributed by atoms with van der Waals surface area (Å²) >= 11 is 8.30. The zero-order valence-corrected chi connectivity index (χ0v) is 18.5. The second kappa shape index (κ2) is 8.28. The number of likely N-dealkylation sites (tertiary alicyclic amines) is 1. The maximum absolute atomic E-state index is 12.8. The summed E-state index contributed by atoms with van der Waals surface area (Å²) in [5.74, 6) is -0.870. The summed E-state index contributed by atoms with van der Waals surface area (Å²) in [7, 11) is 0. The average molecular weight is 506 g/mol. The van der Waals surface area contributed by atoms with Crippen LogP contribution in [0.4, 0.5) is 14.5 Å². The predicted molar refractivity (Wildman–Crippen MR) is 111 cm³/mol.